The van der Waals surface area contributed by atoms with E-state index in [2.05, 4.69) is 10.4 Å². The van der Waals surface area contributed by atoms with Crippen LogP contribution in [0.5, 0.6) is 0 Å². The van der Waals surface area contributed by atoms with Gasteiger partial charge in [0.15, 0.2) is 0 Å². The maximum Gasteiger partial charge on any atom is 0.226 e. The van der Waals surface area contributed by atoms with Crippen molar-refractivity contribution in [1.82, 2.24) is 9.78 Å². The fourth-order valence-electron chi connectivity index (χ4n) is 1.45. The third-order valence-corrected chi connectivity index (χ3v) is 2.65. The van der Waals surface area contributed by atoms with E-state index < -0.39 is 5.82 Å². The molecule has 0 fully saturated rings. The monoisotopic (exact) mass is 267 g/mol. The number of aromatic nitrogens is 2. The van der Waals surface area contributed by atoms with Crippen LogP contribution in [-0.4, -0.2) is 15.7 Å². The highest BCUT2D eigenvalue weighted by Crippen LogP contribution is 2.22. The van der Waals surface area contributed by atoms with Crippen LogP contribution in [0.1, 0.15) is 6.42 Å². The fraction of sp³-hybridized carbons (Fsp3) is 0.167. The Labute approximate surface area is 108 Å². The lowest BCUT2D eigenvalue weighted by Gasteiger charge is -2.07. The normalized spacial score (nSPS) is 10.3. The number of aryl methyl sites for hydroxylation is 1. The zero-order chi connectivity index (χ0) is 13.0. The van der Waals surface area contributed by atoms with E-state index in [0.717, 1.165) is 6.07 Å². The molecule has 1 aromatic heterocycles. The molecule has 6 heteroatoms. The molecule has 94 valence electrons. The number of rotatable bonds is 4. The summed E-state index contributed by atoms with van der Waals surface area (Å²) in [6, 6.07) is 5.62. The number of benzene rings is 1. The molecule has 2 rings (SSSR count). The van der Waals surface area contributed by atoms with Crippen LogP contribution in [0, 0.1) is 5.82 Å². The molecule has 1 amide bonds. The molecule has 0 aliphatic carbocycles. The molecule has 0 spiro atoms. The fourth-order valence-corrected chi connectivity index (χ4v) is 1.67. The highest BCUT2D eigenvalue weighted by molar-refractivity contribution is 6.33. The SMILES string of the molecule is O=C(CCn1cccn1)Nc1ccc(F)cc1Cl. The van der Waals surface area contributed by atoms with Gasteiger partial charge in [-0.2, -0.15) is 5.10 Å². The Hall–Kier alpha value is -1.88. The Kier molecular flexibility index (Phi) is 3.94. The van der Waals surface area contributed by atoms with E-state index in [1.807, 2.05) is 0 Å². The molecule has 18 heavy (non-hydrogen) atoms. The Balaban J connectivity index is 1.91. The third-order valence-electron chi connectivity index (χ3n) is 2.33. The van der Waals surface area contributed by atoms with Crippen LogP contribution < -0.4 is 5.32 Å². The van der Waals surface area contributed by atoms with Gasteiger partial charge in [-0.3, -0.25) is 9.48 Å². The van der Waals surface area contributed by atoms with Crippen molar-refractivity contribution in [3.63, 3.8) is 0 Å². The van der Waals surface area contributed by atoms with E-state index in [1.54, 1.807) is 23.1 Å². The van der Waals surface area contributed by atoms with Crippen molar-refractivity contribution in [1.29, 1.82) is 0 Å². The molecular weight excluding hydrogens is 257 g/mol. The minimum atomic E-state index is -0.436. The average Bonchev–Trinajstić information content (AvgIpc) is 2.83. The molecule has 0 atom stereocenters. The number of anilines is 1. The summed E-state index contributed by atoms with van der Waals surface area (Å²) in [7, 11) is 0. The zero-order valence-corrected chi connectivity index (χ0v) is 10.2. The van der Waals surface area contributed by atoms with Gasteiger partial charge in [0.1, 0.15) is 5.82 Å². The van der Waals surface area contributed by atoms with Gasteiger partial charge < -0.3 is 5.32 Å². The van der Waals surface area contributed by atoms with Gasteiger partial charge in [0.05, 0.1) is 10.7 Å². The molecule has 0 radical (unpaired) electrons. The maximum absolute atomic E-state index is 12.8. The van der Waals surface area contributed by atoms with E-state index in [-0.39, 0.29) is 17.4 Å². The zero-order valence-electron chi connectivity index (χ0n) is 9.44. The lowest BCUT2D eigenvalue weighted by atomic mass is 10.3. The largest absolute Gasteiger partial charge is 0.325 e. The summed E-state index contributed by atoms with van der Waals surface area (Å²) < 4.78 is 14.5. The molecule has 4 nitrogen and oxygen atoms in total. The number of nitrogens with zero attached hydrogens (tertiary/aromatic N) is 2. The second-order valence-corrected chi connectivity index (χ2v) is 4.10. The number of carbonyl (C=O) groups excluding carboxylic acids is 1. The maximum atomic E-state index is 12.8. The van der Waals surface area contributed by atoms with Gasteiger partial charge in [0.25, 0.3) is 0 Å². The summed E-state index contributed by atoms with van der Waals surface area (Å²) in [5.74, 6) is -0.631. The molecule has 0 aliphatic rings. The smallest absolute Gasteiger partial charge is 0.226 e. The van der Waals surface area contributed by atoms with Crippen LogP contribution in [0.15, 0.2) is 36.7 Å². The third kappa shape index (κ3) is 3.30. The summed E-state index contributed by atoms with van der Waals surface area (Å²) in [4.78, 5) is 11.6. The minimum Gasteiger partial charge on any atom is -0.325 e. The van der Waals surface area contributed by atoms with Crippen LogP contribution in [0.25, 0.3) is 0 Å². The van der Waals surface area contributed by atoms with Crippen molar-refractivity contribution in [3.8, 4) is 0 Å². The van der Waals surface area contributed by atoms with Crippen molar-refractivity contribution in [3.05, 3.63) is 47.5 Å². The number of amides is 1. The number of nitrogens with one attached hydrogen (secondary N) is 1. The molecule has 1 N–H and O–H groups in total. The molecule has 1 heterocycles. The Morgan fingerprint density at radius 3 is 3.00 bits per heavy atom. The number of carbonyl (C=O) groups is 1. The average molecular weight is 268 g/mol. The van der Waals surface area contributed by atoms with Gasteiger partial charge in [0, 0.05) is 25.4 Å². The number of halogens is 2. The summed E-state index contributed by atoms with van der Waals surface area (Å²) >= 11 is 5.80. The Morgan fingerprint density at radius 1 is 1.50 bits per heavy atom. The summed E-state index contributed by atoms with van der Waals surface area (Å²) in [5, 5.41) is 6.79. The molecule has 0 saturated heterocycles. The van der Waals surface area contributed by atoms with Crippen LogP contribution >= 0.6 is 11.6 Å². The molecular formula is C12H11ClFN3O. The molecule has 0 bridgehead atoms. The minimum absolute atomic E-state index is 0.183. The molecule has 0 saturated carbocycles. The first-order valence-electron chi connectivity index (χ1n) is 5.37. The highest BCUT2D eigenvalue weighted by Gasteiger charge is 2.07. The first-order chi connectivity index (χ1) is 8.65. The lowest BCUT2D eigenvalue weighted by Crippen LogP contribution is -2.15. The van der Waals surface area contributed by atoms with Crippen LogP contribution in [0.4, 0.5) is 10.1 Å². The standard InChI is InChI=1S/C12H11ClFN3O/c13-10-8-9(14)2-3-11(10)16-12(18)4-7-17-6-1-5-15-17/h1-3,5-6,8H,4,7H2,(H,16,18). The number of hydrogen-bond acceptors (Lipinski definition) is 2. The first kappa shape index (κ1) is 12.6. The lowest BCUT2D eigenvalue weighted by molar-refractivity contribution is -0.116. The van der Waals surface area contributed by atoms with Gasteiger partial charge in [0.2, 0.25) is 5.91 Å². The first-order valence-corrected chi connectivity index (χ1v) is 5.75. The topological polar surface area (TPSA) is 46.9 Å². The summed E-state index contributed by atoms with van der Waals surface area (Å²) in [6.07, 6.45) is 3.70. The van der Waals surface area contributed by atoms with E-state index in [9.17, 15) is 9.18 Å². The number of hydrogen-bond donors (Lipinski definition) is 1. The van der Waals surface area contributed by atoms with Crippen LogP contribution in [0.2, 0.25) is 5.02 Å². The van der Waals surface area contributed by atoms with E-state index in [0.29, 0.717) is 12.2 Å². The molecule has 0 unspecified atom stereocenters. The van der Waals surface area contributed by atoms with Crippen molar-refractivity contribution in [2.24, 2.45) is 0 Å². The van der Waals surface area contributed by atoms with Gasteiger partial charge in [-0.25, -0.2) is 4.39 Å². The van der Waals surface area contributed by atoms with Crippen molar-refractivity contribution >= 4 is 23.2 Å². The van der Waals surface area contributed by atoms with E-state index in [1.165, 1.54) is 12.1 Å². The summed E-state index contributed by atoms with van der Waals surface area (Å²) in [5.41, 5.74) is 0.406. The van der Waals surface area contributed by atoms with Crippen molar-refractivity contribution in [2.45, 2.75) is 13.0 Å². The van der Waals surface area contributed by atoms with Crippen LogP contribution in [-0.2, 0) is 11.3 Å². The molecule has 1 aromatic carbocycles. The highest BCUT2D eigenvalue weighted by atomic mass is 35.5. The van der Waals surface area contributed by atoms with Crippen LogP contribution in [0.3, 0.4) is 0 Å². The molecule has 2 aromatic rings. The second-order valence-electron chi connectivity index (χ2n) is 3.69. The van der Waals surface area contributed by atoms with Crippen molar-refractivity contribution < 1.29 is 9.18 Å². The quantitative estimate of drug-likeness (QED) is 0.926. The van der Waals surface area contributed by atoms with E-state index >= 15 is 0 Å². The second kappa shape index (κ2) is 5.64. The Morgan fingerprint density at radius 2 is 2.33 bits per heavy atom. The Bertz CT molecular complexity index is 542. The van der Waals surface area contributed by atoms with Gasteiger partial charge in [-0.1, -0.05) is 11.6 Å². The predicted octanol–water partition coefficient (Wildman–Crippen LogP) is 2.70. The van der Waals surface area contributed by atoms with Gasteiger partial charge in [-0.15, -0.1) is 0 Å². The van der Waals surface area contributed by atoms with Gasteiger partial charge in [-0.05, 0) is 24.3 Å². The van der Waals surface area contributed by atoms with Gasteiger partial charge >= 0.3 is 0 Å². The van der Waals surface area contributed by atoms with E-state index in [4.69, 9.17) is 11.6 Å². The van der Waals surface area contributed by atoms with Crippen molar-refractivity contribution in [2.75, 3.05) is 5.32 Å². The summed E-state index contributed by atoms with van der Waals surface area (Å²) in [6.45, 7) is 0.484. The molecule has 0 aliphatic heterocycles. The predicted molar refractivity (Wildman–Crippen MR) is 66.9 cm³/mol.